The van der Waals surface area contributed by atoms with Crippen LogP contribution in [0.1, 0.15) is 38.3 Å². The van der Waals surface area contributed by atoms with E-state index in [9.17, 15) is 4.39 Å². The standard InChI is InChI=1S/C24H32FN7OS/c1-17(26-2)23(34-19-5-3-4-6-19)22-20(25)16-28-24(30-22)29-21-8-7-18(15-27-21)32-11-9-31(10-12-32)13-14-33/h7-8,15-16,19,33H,2-6,9-14H2,1H3,(H,27,28,29,30)/b23-17-. The van der Waals surface area contributed by atoms with E-state index in [0.717, 1.165) is 44.7 Å². The van der Waals surface area contributed by atoms with E-state index in [4.69, 9.17) is 5.11 Å². The Bertz CT molecular complexity index is 1000. The van der Waals surface area contributed by atoms with Gasteiger partial charge in [0.2, 0.25) is 5.95 Å². The fraction of sp³-hybridized carbons (Fsp3) is 0.500. The highest BCUT2D eigenvalue weighted by Crippen LogP contribution is 2.41. The summed E-state index contributed by atoms with van der Waals surface area (Å²) in [6, 6.07) is 3.89. The van der Waals surface area contributed by atoms with Crippen LogP contribution in [0.25, 0.3) is 4.91 Å². The molecule has 1 saturated carbocycles. The van der Waals surface area contributed by atoms with Gasteiger partial charge in [-0.25, -0.2) is 19.3 Å². The van der Waals surface area contributed by atoms with E-state index < -0.39 is 5.82 Å². The third kappa shape index (κ3) is 6.11. The zero-order valence-corrected chi connectivity index (χ0v) is 20.4. The first kappa shape index (κ1) is 24.6. The van der Waals surface area contributed by atoms with Crippen molar-refractivity contribution < 1.29 is 9.50 Å². The van der Waals surface area contributed by atoms with Crippen LogP contribution >= 0.6 is 11.8 Å². The number of anilines is 3. The van der Waals surface area contributed by atoms with E-state index in [0.29, 0.717) is 28.2 Å². The van der Waals surface area contributed by atoms with Crippen LogP contribution in [0, 0.1) is 5.82 Å². The van der Waals surface area contributed by atoms with Crippen molar-refractivity contribution in [1.29, 1.82) is 0 Å². The second-order valence-corrected chi connectivity index (χ2v) is 9.88. The van der Waals surface area contributed by atoms with E-state index in [2.05, 4.69) is 41.8 Å². The number of nitrogens with zero attached hydrogens (tertiary/aromatic N) is 6. The number of thioether (sulfide) groups is 1. The second kappa shape index (κ2) is 11.7. The molecule has 34 heavy (non-hydrogen) atoms. The van der Waals surface area contributed by atoms with E-state index in [-0.39, 0.29) is 18.2 Å². The Kier molecular flexibility index (Phi) is 8.47. The molecular weight excluding hydrogens is 453 g/mol. The molecule has 0 atom stereocenters. The summed E-state index contributed by atoms with van der Waals surface area (Å²) in [7, 11) is 0. The van der Waals surface area contributed by atoms with Crippen LogP contribution in [-0.4, -0.2) is 76.3 Å². The Labute approximate surface area is 204 Å². The maximum Gasteiger partial charge on any atom is 0.229 e. The Balaban J connectivity index is 1.46. The molecule has 1 saturated heterocycles. The van der Waals surface area contributed by atoms with Gasteiger partial charge in [-0.3, -0.25) is 9.89 Å². The number of halogens is 1. The van der Waals surface area contributed by atoms with Gasteiger partial charge in [0.1, 0.15) is 11.5 Å². The number of rotatable bonds is 9. The van der Waals surface area contributed by atoms with Crippen molar-refractivity contribution in [3.8, 4) is 0 Å². The van der Waals surface area contributed by atoms with Gasteiger partial charge >= 0.3 is 0 Å². The van der Waals surface area contributed by atoms with Crippen molar-refractivity contribution in [3.05, 3.63) is 41.7 Å². The number of β-amino-alcohol motifs (C(OH)–C–C–N with tert-alkyl or cyclic N) is 1. The van der Waals surface area contributed by atoms with Gasteiger partial charge in [0.15, 0.2) is 5.82 Å². The molecule has 0 spiro atoms. The highest BCUT2D eigenvalue weighted by molar-refractivity contribution is 8.08. The Morgan fingerprint density at radius 2 is 1.97 bits per heavy atom. The van der Waals surface area contributed by atoms with Crippen molar-refractivity contribution in [1.82, 2.24) is 19.9 Å². The molecule has 2 aliphatic rings. The molecule has 2 N–H and O–H groups in total. The molecule has 2 aromatic rings. The van der Waals surface area contributed by atoms with Crippen molar-refractivity contribution >= 4 is 40.8 Å². The fourth-order valence-electron chi connectivity index (χ4n) is 4.28. The van der Waals surface area contributed by atoms with Crippen LogP contribution in [-0.2, 0) is 0 Å². The number of hydrogen-bond donors (Lipinski definition) is 2. The summed E-state index contributed by atoms with van der Waals surface area (Å²) < 4.78 is 14.8. The summed E-state index contributed by atoms with van der Waals surface area (Å²) >= 11 is 1.64. The molecule has 0 unspecified atom stereocenters. The maximum absolute atomic E-state index is 14.8. The molecule has 0 amide bonds. The van der Waals surface area contributed by atoms with Crippen molar-refractivity contribution in [2.24, 2.45) is 4.99 Å². The minimum Gasteiger partial charge on any atom is -0.395 e. The van der Waals surface area contributed by atoms with Gasteiger partial charge in [-0.1, -0.05) is 12.8 Å². The number of pyridine rings is 1. The number of aliphatic hydroxyl groups is 1. The lowest BCUT2D eigenvalue weighted by Crippen LogP contribution is -2.47. The van der Waals surface area contributed by atoms with Crippen LogP contribution in [0.5, 0.6) is 0 Å². The average molecular weight is 486 g/mol. The highest BCUT2D eigenvalue weighted by atomic mass is 32.2. The molecule has 2 fully saturated rings. The predicted octanol–water partition coefficient (Wildman–Crippen LogP) is 3.93. The van der Waals surface area contributed by atoms with Crippen molar-refractivity contribution in [3.63, 3.8) is 0 Å². The van der Waals surface area contributed by atoms with Crippen LogP contribution in [0.4, 0.5) is 21.8 Å². The minimum absolute atomic E-state index is 0.190. The molecule has 182 valence electrons. The summed E-state index contributed by atoms with van der Waals surface area (Å²) in [5, 5.41) is 12.6. The van der Waals surface area contributed by atoms with Gasteiger partial charge in [0.05, 0.1) is 35.3 Å². The quantitative estimate of drug-likeness (QED) is 0.517. The van der Waals surface area contributed by atoms with Gasteiger partial charge in [-0.05, 0) is 38.6 Å². The van der Waals surface area contributed by atoms with Crippen molar-refractivity contribution in [2.75, 3.05) is 49.5 Å². The SMILES string of the molecule is C=N/C(C)=C(\SC1CCCC1)c1nc(Nc2ccc(N3CCN(CCO)CC3)cn2)ncc1F. The first-order valence-corrected chi connectivity index (χ1v) is 12.6. The van der Waals surface area contributed by atoms with Gasteiger partial charge in [0, 0.05) is 38.0 Å². The Morgan fingerprint density at radius 3 is 2.62 bits per heavy atom. The normalized spacial score (nSPS) is 18.1. The molecule has 0 bridgehead atoms. The maximum atomic E-state index is 14.8. The summed E-state index contributed by atoms with van der Waals surface area (Å²) in [6.45, 7) is 9.99. The topological polar surface area (TPSA) is 89.8 Å². The van der Waals surface area contributed by atoms with E-state index >= 15 is 0 Å². The molecule has 3 heterocycles. The molecule has 2 aromatic heterocycles. The number of aliphatic imine (C=N–C) groups is 1. The number of hydrogen-bond acceptors (Lipinski definition) is 9. The predicted molar refractivity (Wildman–Crippen MR) is 137 cm³/mol. The number of allylic oxidation sites excluding steroid dienone is 1. The number of aliphatic hydroxyl groups excluding tert-OH is 1. The van der Waals surface area contributed by atoms with E-state index in [1.807, 2.05) is 25.3 Å². The number of aromatic nitrogens is 3. The fourth-order valence-corrected chi connectivity index (χ4v) is 5.67. The highest BCUT2D eigenvalue weighted by Gasteiger charge is 2.23. The minimum atomic E-state index is -0.474. The summed E-state index contributed by atoms with van der Waals surface area (Å²) in [5.41, 5.74) is 1.96. The van der Waals surface area contributed by atoms with Gasteiger partial charge in [-0.15, -0.1) is 11.8 Å². The summed E-state index contributed by atoms with van der Waals surface area (Å²) in [5.74, 6) is 0.404. The molecule has 8 nitrogen and oxygen atoms in total. The first-order chi connectivity index (χ1) is 16.6. The lowest BCUT2D eigenvalue weighted by atomic mass is 10.2. The van der Waals surface area contributed by atoms with E-state index in [1.54, 1.807) is 11.8 Å². The van der Waals surface area contributed by atoms with Crippen LogP contribution in [0.15, 0.2) is 35.2 Å². The summed E-state index contributed by atoms with van der Waals surface area (Å²) in [4.78, 5) is 22.4. The Hall–Kier alpha value is -2.56. The second-order valence-electron chi connectivity index (χ2n) is 8.57. The molecule has 10 heteroatoms. The van der Waals surface area contributed by atoms with E-state index in [1.165, 1.54) is 19.0 Å². The number of piperazine rings is 1. The number of nitrogens with one attached hydrogen (secondary N) is 1. The van der Waals surface area contributed by atoms with Crippen LogP contribution in [0.2, 0.25) is 0 Å². The zero-order chi connectivity index (χ0) is 23.9. The zero-order valence-electron chi connectivity index (χ0n) is 19.6. The van der Waals surface area contributed by atoms with Gasteiger partial charge in [0.25, 0.3) is 0 Å². The largest absolute Gasteiger partial charge is 0.395 e. The third-order valence-corrected chi connectivity index (χ3v) is 7.78. The van der Waals surface area contributed by atoms with Gasteiger partial charge < -0.3 is 15.3 Å². The van der Waals surface area contributed by atoms with Crippen LogP contribution < -0.4 is 10.2 Å². The molecule has 0 aromatic carbocycles. The Morgan fingerprint density at radius 1 is 1.21 bits per heavy atom. The molecular formula is C24H32FN7OS. The first-order valence-electron chi connectivity index (χ1n) is 11.8. The monoisotopic (exact) mass is 485 g/mol. The van der Waals surface area contributed by atoms with Crippen LogP contribution in [0.3, 0.4) is 0 Å². The average Bonchev–Trinajstić information content (AvgIpc) is 3.38. The summed E-state index contributed by atoms with van der Waals surface area (Å²) in [6.07, 6.45) is 7.64. The molecule has 1 aliphatic carbocycles. The lowest BCUT2D eigenvalue weighted by molar-refractivity contribution is 0.189. The molecule has 4 rings (SSSR count). The van der Waals surface area contributed by atoms with Crippen molar-refractivity contribution in [2.45, 2.75) is 37.9 Å². The van der Waals surface area contributed by atoms with Gasteiger partial charge in [-0.2, -0.15) is 0 Å². The third-order valence-electron chi connectivity index (χ3n) is 6.25. The molecule has 1 aliphatic heterocycles. The molecule has 0 radical (unpaired) electrons. The lowest BCUT2D eigenvalue weighted by Gasteiger charge is -2.35. The smallest absolute Gasteiger partial charge is 0.229 e.